The fourth-order valence-corrected chi connectivity index (χ4v) is 3.13. The van der Waals surface area contributed by atoms with Crippen molar-refractivity contribution < 1.29 is 23.9 Å². The van der Waals surface area contributed by atoms with Crippen molar-refractivity contribution in [2.45, 2.75) is 30.7 Å². The highest BCUT2D eigenvalue weighted by molar-refractivity contribution is 6.53. The van der Waals surface area contributed by atoms with Crippen LogP contribution in [0.2, 0.25) is 0 Å². The summed E-state index contributed by atoms with van der Waals surface area (Å²) in [6.45, 7) is 3.01. The van der Waals surface area contributed by atoms with Crippen LogP contribution >= 0.6 is 23.2 Å². The van der Waals surface area contributed by atoms with Crippen LogP contribution in [0.1, 0.15) is 30.6 Å². The molecule has 1 aromatic carbocycles. The molecular weight excluding hydrogens is 357 g/mol. The first-order valence-electron chi connectivity index (χ1n) is 7.34. The van der Waals surface area contributed by atoms with Crippen LogP contribution < -0.4 is 10.1 Å². The highest BCUT2D eigenvalue weighted by Gasteiger charge is 2.69. The van der Waals surface area contributed by atoms with Crippen LogP contribution in [0.15, 0.2) is 18.2 Å². The minimum absolute atomic E-state index is 0.0640. The van der Waals surface area contributed by atoms with E-state index in [4.69, 9.17) is 32.7 Å². The van der Waals surface area contributed by atoms with E-state index in [9.17, 15) is 14.4 Å². The molecule has 1 heterocycles. The minimum atomic E-state index is -1.15. The molecule has 1 aliphatic carbocycles. The number of ketones is 1. The minimum Gasteiger partial charge on any atom is -0.482 e. The number of hydrogen-bond acceptors (Lipinski definition) is 5. The van der Waals surface area contributed by atoms with Crippen molar-refractivity contribution in [3.05, 3.63) is 23.8 Å². The average molecular weight is 372 g/mol. The largest absolute Gasteiger partial charge is 0.482 e. The third-order valence-electron chi connectivity index (χ3n) is 4.26. The molecule has 1 amide bonds. The molecule has 1 fully saturated rings. The molecule has 0 bridgehead atoms. The molecule has 0 spiro atoms. The molecule has 0 unspecified atom stereocenters. The van der Waals surface area contributed by atoms with Gasteiger partial charge in [0, 0.05) is 12.0 Å². The molecule has 128 valence electrons. The fourth-order valence-electron chi connectivity index (χ4n) is 2.44. The van der Waals surface area contributed by atoms with Crippen molar-refractivity contribution in [1.82, 2.24) is 0 Å². The number of carbonyl (C=O) groups excluding carboxylic acids is 3. The monoisotopic (exact) mass is 371 g/mol. The number of Topliss-reactive ketones (excluding diaryl/α,β-unsaturated/α-hetero) is 1. The molecule has 1 N–H and O–H groups in total. The number of fused-ring (bicyclic) bond motifs is 1. The molecule has 1 aromatic rings. The van der Waals surface area contributed by atoms with Crippen molar-refractivity contribution in [3.63, 3.8) is 0 Å². The molecule has 24 heavy (non-hydrogen) atoms. The maximum absolute atomic E-state index is 12.5. The lowest BCUT2D eigenvalue weighted by Crippen LogP contribution is -2.30. The summed E-state index contributed by atoms with van der Waals surface area (Å²) in [7, 11) is 0. The standard InChI is InChI=1S/C16H15Cl2NO5/c1-8(24-14(22)15(2)7-16(15,17)18)13(21)9-3-4-11-10(5-9)19-12(20)6-23-11/h3-5,8H,6-7H2,1-2H3,(H,19,20)/t8-,15+/m0/s1. The van der Waals surface area contributed by atoms with E-state index in [2.05, 4.69) is 5.32 Å². The lowest BCUT2D eigenvalue weighted by molar-refractivity contribution is -0.152. The van der Waals surface area contributed by atoms with Gasteiger partial charge in [-0.1, -0.05) is 0 Å². The van der Waals surface area contributed by atoms with Gasteiger partial charge in [0.1, 0.15) is 15.5 Å². The molecule has 0 saturated heterocycles. The van der Waals surface area contributed by atoms with E-state index in [1.54, 1.807) is 19.1 Å². The molecule has 8 heteroatoms. The quantitative estimate of drug-likeness (QED) is 0.499. The Bertz CT molecular complexity index is 748. The second-order valence-corrected chi connectivity index (χ2v) is 7.66. The number of rotatable bonds is 4. The Kier molecular flexibility index (Phi) is 4.00. The maximum atomic E-state index is 12.5. The van der Waals surface area contributed by atoms with Crippen molar-refractivity contribution in [2.24, 2.45) is 5.41 Å². The van der Waals surface area contributed by atoms with Gasteiger partial charge in [-0.15, -0.1) is 23.2 Å². The lowest BCUT2D eigenvalue weighted by Gasteiger charge is -2.20. The Morgan fingerprint density at radius 1 is 1.38 bits per heavy atom. The first-order valence-corrected chi connectivity index (χ1v) is 8.09. The smallest absolute Gasteiger partial charge is 0.315 e. The van der Waals surface area contributed by atoms with Gasteiger partial charge in [-0.05, 0) is 32.0 Å². The van der Waals surface area contributed by atoms with Crippen LogP contribution in [-0.2, 0) is 14.3 Å². The van der Waals surface area contributed by atoms with Gasteiger partial charge in [0.05, 0.1) is 5.69 Å². The van der Waals surface area contributed by atoms with E-state index in [0.29, 0.717) is 17.0 Å². The highest BCUT2D eigenvalue weighted by atomic mass is 35.5. The van der Waals surface area contributed by atoms with E-state index in [-0.39, 0.29) is 18.9 Å². The summed E-state index contributed by atoms with van der Waals surface area (Å²) in [5.74, 6) is -0.822. The zero-order valence-corrected chi connectivity index (χ0v) is 14.5. The van der Waals surface area contributed by atoms with Crippen LogP contribution in [0.5, 0.6) is 5.75 Å². The summed E-state index contributed by atoms with van der Waals surface area (Å²) in [5, 5.41) is 2.62. The molecule has 6 nitrogen and oxygen atoms in total. The van der Waals surface area contributed by atoms with Crippen molar-refractivity contribution in [2.75, 3.05) is 11.9 Å². The summed E-state index contributed by atoms with van der Waals surface area (Å²) >= 11 is 11.9. The third kappa shape index (κ3) is 2.84. The number of halogens is 2. The van der Waals surface area contributed by atoms with E-state index in [1.165, 1.54) is 13.0 Å². The van der Waals surface area contributed by atoms with Crippen molar-refractivity contribution in [3.8, 4) is 5.75 Å². The Labute approximate surface area is 148 Å². The molecule has 3 rings (SSSR count). The predicted molar refractivity (Wildman–Crippen MR) is 87.6 cm³/mol. The normalized spacial score (nSPS) is 24.9. The zero-order chi connectivity index (χ0) is 17.7. The van der Waals surface area contributed by atoms with Gasteiger partial charge in [-0.3, -0.25) is 14.4 Å². The van der Waals surface area contributed by atoms with Crippen LogP contribution in [-0.4, -0.2) is 34.7 Å². The molecule has 0 aromatic heterocycles. The number of amides is 1. The highest BCUT2D eigenvalue weighted by Crippen LogP contribution is 2.64. The summed E-state index contributed by atoms with van der Waals surface area (Å²) in [4.78, 5) is 36.0. The number of nitrogens with one attached hydrogen (secondary N) is 1. The van der Waals surface area contributed by atoms with E-state index >= 15 is 0 Å². The summed E-state index contributed by atoms with van der Waals surface area (Å²) in [6.07, 6.45) is -0.720. The first kappa shape index (κ1) is 17.0. The molecule has 2 aliphatic rings. The van der Waals surface area contributed by atoms with Crippen LogP contribution in [0.4, 0.5) is 5.69 Å². The van der Waals surface area contributed by atoms with Crippen LogP contribution in [0.3, 0.4) is 0 Å². The van der Waals surface area contributed by atoms with Gasteiger partial charge in [0.15, 0.2) is 12.7 Å². The average Bonchev–Trinajstić information content (AvgIpc) is 3.05. The van der Waals surface area contributed by atoms with E-state index in [1.807, 2.05) is 0 Å². The number of esters is 1. The molecule has 1 saturated carbocycles. The molecule has 0 radical (unpaired) electrons. The van der Waals surface area contributed by atoms with Gasteiger partial charge >= 0.3 is 5.97 Å². The molecular formula is C16H15Cl2NO5. The van der Waals surface area contributed by atoms with E-state index < -0.39 is 27.6 Å². The topological polar surface area (TPSA) is 81.7 Å². The Hall–Kier alpha value is -1.79. The number of hydrogen-bond donors (Lipinski definition) is 1. The Morgan fingerprint density at radius 2 is 2.04 bits per heavy atom. The van der Waals surface area contributed by atoms with Gasteiger partial charge in [-0.2, -0.15) is 0 Å². The van der Waals surface area contributed by atoms with Crippen LogP contribution in [0.25, 0.3) is 0 Å². The maximum Gasteiger partial charge on any atom is 0.315 e. The first-order chi connectivity index (χ1) is 11.1. The van der Waals surface area contributed by atoms with Crippen LogP contribution in [0, 0.1) is 5.41 Å². The number of anilines is 1. The zero-order valence-electron chi connectivity index (χ0n) is 13.0. The number of ether oxygens (including phenoxy) is 2. The van der Waals surface area contributed by atoms with Gasteiger partial charge < -0.3 is 14.8 Å². The summed E-state index contributed by atoms with van der Waals surface area (Å²) in [5.41, 5.74) is -0.295. The molecule has 2 atom stereocenters. The Balaban J connectivity index is 1.71. The SMILES string of the molecule is C[C@H](OC(=O)[C@@]1(C)CC1(Cl)Cl)C(=O)c1ccc2c(c1)NC(=O)CO2. The van der Waals surface area contributed by atoms with Crippen molar-refractivity contribution >= 4 is 46.5 Å². The number of carbonyl (C=O) groups is 3. The summed E-state index contributed by atoms with van der Waals surface area (Å²) < 4.78 is 9.30. The van der Waals surface area contributed by atoms with Gasteiger partial charge in [0.25, 0.3) is 5.91 Å². The predicted octanol–water partition coefficient (Wildman–Crippen LogP) is 2.72. The fraction of sp³-hybridized carbons (Fsp3) is 0.438. The lowest BCUT2D eigenvalue weighted by atomic mass is 10.0. The van der Waals surface area contributed by atoms with Gasteiger partial charge in [0.2, 0.25) is 5.78 Å². The van der Waals surface area contributed by atoms with Gasteiger partial charge in [-0.25, -0.2) is 0 Å². The number of alkyl halides is 2. The summed E-state index contributed by atoms with van der Waals surface area (Å²) in [6, 6.07) is 4.63. The molecule has 1 aliphatic heterocycles. The second-order valence-electron chi connectivity index (χ2n) is 6.17. The van der Waals surface area contributed by atoms with E-state index in [0.717, 1.165) is 0 Å². The number of benzene rings is 1. The second kappa shape index (κ2) is 5.63. The third-order valence-corrected chi connectivity index (χ3v) is 5.36. The van der Waals surface area contributed by atoms with Crippen molar-refractivity contribution in [1.29, 1.82) is 0 Å². The Morgan fingerprint density at radius 3 is 2.67 bits per heavy atom.